The van der Waals surface area contributed by atoms with Crippen LogP contribution in [0.4, 0.5) is 11.6 Å². The number of thiophene rings is 2. The average Bonchev–Trinajstić information content (AvgIpc) is 4.07. The van der Waals surface area contributed by atoms with E-state index < -0.39 is 0 Å². The van der Waals surface area contributed by atoms with Crippen LogP contribution in [0.25, 0.3) is 20.4 Å². The van der Waals surface area contributed by atoms with Gasteiger partial charge in [-0.1, -0.05) is 88.4 Å². The quantitative estimate of drug-likeness (QED) is 0.106. The Morgan fingerprint density at radius 3 is 1.59 bits per heavy atom. The molecule has 61 heavy (non-hydrogen) atoms. The average molecular weight is 858 g/mol. The van der Waals surface area contributed by atoms with E-state index in [1.165, 1.54) is 183 Å². The highest BCUT2D eigenvalue weighted by Crippen LogP contribution is 2.41. The zero-order valence-corrected chi connectivity index (χ0v) is 36.8. The molecule has 0 radical (unpaired) electrons. The van der Waals surface area contributed by atoms with Gasteiger partial charge in [-0.05, 0) is 157 Å². The first kappa shape index (κ1) is 45.1. The predicted molar refractivity (Wildman–Crippen MR) is 263 cm³/mol. The van der Waals surface area contributed by atoms with Gasteiger partial charge in [0, 0.05) is 27.9 Å². The van der Waals surface area contributed by atoms with Crippen molar-refractivity contribution in [2.45, 2.75) is 161 Å². The highest BCUT2D eigenvalue weighted by atomic mass is 32.1. The molecule has 0 atom stereocenters. The maximum atomic E-state index is 4.65. The number of nitrogens with zero attached hydrogens (tertiary/aromatic N) is 5. The van der Waals surface area contributed by atoms with Crippen LogP contribution in [0.15, 0.2) is 73.3 Å². The molecule has 0 spiro atoms. The molecule has 0 saturated heterocycles. The lowest BCUT2D eigenvalue weighted by Gasteiger charge is -2.35. The molecule has 6 aromatic rings. The van der Waals surface area contributed by atoms with Crippen molar-refractivity contribution in [1.82, 2.24) is 24.8 Å². The van der Waals surface area contributed by atoms with E-state index in [1.807, 2.05) is 22.7 Å². The number of aryl methyl sites for hydroxylation is 6. The Balaban J connectivity index is 0.000000178. The van der Waals surface area contributed by atoms with Gasteiger partial charge in [0.2, 0.25) is 0 Å². The monoisotopic (exact) mass is 858 g/mol. The lowest BCUT2D eigenvalue weighted by atomic mass is 9.83. The third-order valence-electron chi connectivity index (χ3n) is 13.8. The first-order chi connectivity index (χ1) is 29.1. The number of hydrogen-bond acceptors (Lipinski definition) is 9. The van der Waals surface area contributed by atoms with Gasteiger partial charge in [0.1, 0.15) is 34.0 Å². The van der Waals surface area contributed by atoms with Crippen LogP contribution in [0.1, 0.15) is 137 Å². The molecule has 2 aromatic carbocycles. The van der Waals surface area contributed by atoms with Crippen LogP contribution in [0.5, 0.6) is 0 Å². The molecule has 0 unspecified atom stereocenters. The predicted octanol–water partition coefficient (Wildman–Crippen LogP) is 13.3. The molecular weight excluding hydrogens is 787 g/mol. The fraction of sp³-hybridized carbons (Fsp3) is 0.538. The molecule has 4 aliphatic carbocycles. The minimum Gasteiger partial charge on any atom is -0.367 e. The van der Waals surface area contributed by atoms with Crippen molar-refractivity contribution in [1.29, 1.82) is 0 Å². The summed E-state index contributed by atoms with van der Waals surface area (Å²) in [6.45, 7) is 1.19. The summed E-state index contributed by atoms with van der Waals surface area (Å²) in [7, 11) is 2.31. The highest BCUT2D eigenvalue weighted by Gasteiger charge is 2.28. The lowest BCUT2D eigenvalue weighted by molar-refractivity contribution is 0.185. The highest BCUT2D eigenvalue weighted by molar-refractivity contribution is 7.19. The summed E-state index contributed by atoms with van der Waals surface area (Å²) in [6.07, 6.45) is 28.9. The Labute approximate surface area is 374 Å². The Morgan fingerprint density at radius 2 is 1.07 bits per heavy atom. The topological polar surface area (TPSA) is 78.9 Å². The third kappa shape index (κ3) is 11.2. The molecule has 0 amide bonds. The molecule has 4 heterocycles. The summed E-state index contributed by atoms with van der Waals surface area (Å²) >= 11 is 3.76. The van der Waals surface area contributed by atoms with Crippen molar-refractivity contribution >= 4 is 54.7 Å². The van der Waals surface area contributed by atoms with E-state index in [0.29, 0.717) is 12.1 Å². The number of anilines is 2. The Bertz CT molecular complexity index is 2240. The summed E-state index contributed by atoms with van der Waals surface area (Å²) in [6, 6.07) is 23.6. The molecule has 0 aliphatic heterocycles. The van der Waals surface area contributed by atoms with Crippen molar-refractivity contribution in [3.63, 3.8) is 0 Å². The maximum absolute atomic E-state index is 4.65. The zero-order valence-electron chi connectivity index (χ0n) is 35.1. The molecule has 2 fully saturated rings. The maximum Gasteiger partial charge on any atom is 0.138 e. The van der Waals surface area contributed by atoms with Gasteiger partial charge in [-0.15, -0.1) is 22.7 Å². The van der Waals surface area contributed by atoms with Crippen molar-refractivity contribution in [3.8, 4) is 0 Å². The van der Waals surface area contributed by atoms with E-state index in [2.05, 4.69) is 103 Å². The summed E-state index contributed by atoms with van der Waals surface area (Å²) < 4.78 is 0. The molecule has 2 saturated carbocycles. The van der Waals surface area contributed by atoms with E-state index in [4.69, 9.17) is 0 Å². The smallest absolute Gasteiger partial charge is 0.138 e. The van der Waals surface area contributed by atoms with Gasteiger partial charge in [-0.3, -0.25) is 0 Å². The van der Waals surface area contributed by atoms with Gasteiger partial charge in [0.25, 0.3) is 0 Å². The lowest BCUT2D eigenvalue weighted by Crippen LogP contribution is -2.39. The van der Waals surface area contributed by atoms with E-state index in [-0.39, 0.29) is 14.9 Å². The molecule has 326 valence electrons. The number of hydrogen-bond donors (Lipinski definition) is 2. The molecule has 4 aromatic heterocycles. The summed E-state index contributed by atoms with van der Waals surface area (Å²) in [5.41, 5.74) is 5.98. The Morgan fingerprint density at radius 1 is 0.574 bits per heavy atom. The van der Waals surface area contributed by atoms with E-state index in [0.717, 1.165) is 23.6 Å². The van der Waals surface area contributed by atoms with Crippen molar-refractivity contribution in [3.05, 3.63) is 105 Å². The minimum absolute atomic E-state index is 0. The van der Waals surface area contributed by atoms with Crippen molar-refractivity contribution < 1.29 is 0 Å². The molecule has 7 nitrogen and oxygen atoms in total. The molecular formula is C52H71N7S2. The third-order valence-corrected chi connectivity index (χ3v) is 16.2. The molecule has 4 aliphatic rings. The largest absolute Gasteiger partial charge is 0.367 e. The second-order valence-corrected chi connectivity index (χ2v) is 20.0. The summed E-state index contributed by atoms with van der Waals surface area (Å²) in [5.74, 6) is 3.10. The summed E-state index contributed by atoms with van der Waals surface area (Å²) in [5, 5.41) is 10.2. The van der Waals surface area contributed by atoms with E-state index >= 15 is 0 Å². The second kappa shape index (κ2) is 21.9. The van der Waals surface area contributed by atoms with Crippen LogP contribution >= 0.6 is 22.7 Å². The van der Waals surface area contributed by atoms with Gasteiger partial charge < -0.3 is 15.5 Å². The number of fused-ring (bicyclic) bond motifs is 6. The molecule has 9 heteroatoms. The normalized spacial score (nSPS) is 20.6. The van der Waals surface area contributed by atoms with Crippen LogP contribution in [-0.4, -0.2) is 56.6 Å². The van der Waals surface area contributed by atoms with Crippen LogP contribution in [0.2, 0.25) is 0 Å². The standard InChI is InChI=1S/C25H32N4S.C25H31N3S.2CH4/c1-29(16-6-9-18-7-3-2-4-8-18)20-14-12-19(13-15-20)28-24-23-21-10-5-11-22(21)30-25(23)27-17-26-24;1-2-7-18(8-3-1)9-4-5-10-19-13-15-20(16-14-19)28-24-23-21-11-6-12-22(21)29-25(23)27-17-26-24;;/h2-4,7-8,17,19-20H,5-6,9-16H2,1H3,(H,26,27,28);1-3,7-8,17,19-20H,4-6,9-16H2,(H,26,27,28);2*1H4. The van der Waals surface area contributed by atoms with Gasteiger partial charge in [0.15, 0.2) is 0 Å². The Kier molecular flexibility index (Phi) is 16.2. The van der Waals surface area contributed by atoms with Crippen molar-refractivity contribution in [2.24, 2.45) is 5.92 Å². The minimum atomic E-state index is 0. The van der Waals surface area contributed by atoms with Gasteiger partial charge in [-0.2, -0.15) is 0 Å². The summed E-state index contributed by atoms with van der Waals surface area (Å²) in [4.78, 5) is 26.4. The van der Waals surface area contributed by atoms with Crippen LogP contribution in [0.3, 0.4) is 0 Å². The number of nitrogens with one attached hydrogen (secondary N) is 2. The van der Waals surface area contributed by atoms with E-state index in [1.54, 1.807) is 17.5 Å². The fourth-order valence-electron chi connectivity index (χ4n) is 10.5. The van der Waals surface area contributed by atoms with E-state index in [9.17, 15) is 0 Å². The van der Waals surface area contributed by atoms with Gasteiger partial charge >= 0.3 is 0 Å². The van der Waals surface area contributed by atoms with Crippen LogP contribution in [0, 0.1) is 5.92 Å². The number of aromatic nitrogens is 4. The zero-order chi connectivity index (χ0) is 39.8. The Hall–Kier alpha value is -3.92. The van der Waals surface area contributed by atoms with Crippen molar-refractivity contribution in [2.75, 3.05) is 24.2 Å². The molecule has 0 bridgehead atoms. The number of unbranched alkanes of at least 4 members (excludes halogenated alkanes) is 1. The first-order valence-electron chi connectivity index (χ1n) is 23.0. The van der Waals surface area contributed by atoms with Crippen LogP contribution in [-0.2, 0) is 38.5 Å². The molecule has 10 rings (SSSR count). The second-order valence-electron chi connectivity index (χ2n) is 17.8. The van der Waals surface area contributed by atoms with Gasteiger partial charge in [0.05, 0.1) is 10.8 Å². The first-order valence-corrected chi connectivity index (χ1v) is 24.6. The number of rotatable bonds is 14. The van der Waals surface area contributed by atoms with Crippen LogP contribution < -0.4 is 10.6 Å². The fourth-order valence-corrected chi connectivity index (χ4v) is 12.9. The SMILES string of the molecule is C.C.CN(CCCc1ccccc1)C1CCC(Nc2ncnc3sc4c(c23)CCC4)CC1.c1ccc(CCCCC2CCC(Nc3ncnc4sc5c(c34)CCC5)CC2)cc1. The number of benzene rings is 2. The molecule has 2 N–H and O–H groups in total. The van der Waals surface area contributed by atoms with Gasteiger partial charge in [-0.25, -0.2) is 19.9 Å².